The van der Waals surface area contributed by atoms with Crippen LogP contribution < -0.4 is 9.47 Å². The Kier molecular flexibility index (Phi) is 7.06. The van der Waals surface area contributed by atoms with E-state index >= 15 is 0 Å². The van der Waals surface area contributed by atoms with E-state index in [1.807, 2.05) is 0 Å². The van der Waals surface area contributed by atoms with Gasteiger partial charge in [0.05, 0.1) is 31.7 Å². The Hall–Kier alpha value is -2.29. The van der Waals surface area contributed by atoms with Gasteiger partial charge < -0.3 is 19.3 Å². The van der Waals surface area contributed by atoms with Gasteiger partial charge in [-0.15, -0.1) is 0 Å². The molecule has 1 atom stereocenters. The van der Waals surface area contributed by atoms with Crippen LogP contribution in [0, 0.1) is 0 Å². The number of carbonyl (C=O) groups excluding carboxylic acids is 2. The summed E-state index contributed by atoms with van der Waals surface area (Å²) in [7, 11) is 0.0903. The van der Waals surface area contributed by atoms with Crippen molar-refractivity contribution in [3.05, 3.63) is 24.3 Å². The first-order valence-electron chi connectivity index (χ1n) is 8.70. The van der Waals surface area contributed by atoms with Crippen LogP contribution in [0.5, 0.6) is 11.5 Å². The second kappa shape index (κ2) is 9.07. The van der Waals surface area contributed by atoms with E-state index < -0.39 is 9.84 Å². The minimum atomic E-state index is -3.07. The molecule has 1 aromatic carbocycles. The second-order valence-corrected chi connectivity index (χ2v) is 8.75. The number of amides is 2. The van der Waals surface area contributed by atoms with Crippen molar-refractivity contribution in [2.24, 2.45) is 0 Å². The lowest BCUT2D eigenvalue weighted by molar-refractivity contribution is -0.139. The van der Waals surface area contributed by atoms with Crippen LogP contribution in [-0.4, -0.2) is 81.4 Å². The van der Waals surface area contributed by atoms with E-state index in [9.17, 15) is 18.0 Å². The monoisotopic (exact) mass is 398 g/mol. The second-order valence-electron chi connectivity index (χ2n) is 6.53. The summed E-state index contributed by atoms with van der Waals surface area (Å²) in [5.41, 5.74) is 0. The SMILES string of the molecule is COc1ccc(OCCN(CC(=O)N(C)C2CCS(=O)(=O)C2)C(C)=O)cc1. The molecule has 1 aliphatic heterocycles. The number of likely N-dealkylation sites (N-methyl/N-ethyl adjacent to an activating group) is 1. The van der Waals surface area contributed by atoms with Crippen molar-refractivity contribution in [1.29, 1.82) is 0 Å². The fourth-order valence-electron chi connectivity index (χ4n) is 2.85. The molecule has 0 spiro atoms. The normalized spacial score (nSPS) is 18.0. The highest BCUT2D eigenvalue weighted by Gasteiger charge is 2.33. The number of methoxy groups -OCH3 is 1. The fraction of sp³-hybridized carbons (Fsp3) is 0.556. The molecule has 2 rings (SSSR count). The molecule has 0 bridgehead atoms. The lowest BCUT2D eigenvalue weighted by Crippen LogP contribution is -2.46. The third-order valence-electron chi connectivity index (χ3n) is 4.61. The largest absolute Gasteiger partial charge is 0.497 e. The highest BCUT2D eigenvalue weighted by Crippen LogP contribution is 2.18. The van der Waals surface area contributed by atoms with Gasteiger partial charge in [0.2, 0.25) is 11.8 Å². The zero-order valence-corrected chi connectivity index (χ0v) is 16.7. The van der Waals surface area contributed by atoms with Crippen LogP contribution in [-0.2, 0) is 19.4 Å². The number of rotatable bonds is 8. The maximum absolute atomic E-state index is 12.4. The number of sulfone groups is 1. The van der Waals surface area contributed by atoms with Crippen LogP contribution in [0.15, 0.2) is 24.3 Å². The highest BCUT2D eigenvalue weighted by molar-refractivity contribution is 7.91. The maximum Gasteiger partial charge on any atom is 0.242 e. The Labute approximate surface area is 160 Å². The minimum absolute atomic E-state index is 0.0180. The molecule has 0 radical (unpaired) electrons. The van der Waals surface area contributed by atoms with Gasteiger partial charge in [0.15, 0.2) is 9.84 Å². The van der Waals surface area contributed by atoms with Crippen molar-refractivity contribution in [2.75, 3.05) is 45.4 Å². The average molecular weight is 398 g/mol. The van der Waals surface area contributed by atoms with E-state index in [4.69, 9.17) is 9.47 Å². The van der Waals surface area contributed by atoms with E-state index in [0.717, 1.165) is 5.75 Å². The number of hydrogen-bond donors (Lipinski definition) is 0. The Morgan fingerprint density at radius 2 is 1.81 bits per heavy atom. The zero-order valence-electron chi connectivity index (χ0n) is 15.9. The molecule has 8 nitrogen and oxygen atoms in total. The first kappa shape index (κ1) is 21.0. The van der Waals surface area contributed by atoms with E-state index in [0.29, 0.717) is 12.2 Å². The van der Waals surface area contributed by atoms with Crippen molar-refractivity contribution in [3.63, 3.8) is 0 Å². The lowest BCUT2D eigenvalue weighted by atomic mass is 10.2. The van der Waals surface area contributed by atoms with E-state index in [1.54, 1.807) is 38.4 Å². The van der Waals surface area contributed by atoms with Crippen LogP contribution in [0.2, 0.25) is 0 Å². The molecular weight excluding hydrogens is 372 g/mol. The molecule has 1 saturated heterocycles. The summed E-state index contributed by atoms with van der Waals surface area (Å²) in [6.45, 7) is 1.78. The molecule has 0 saturated carbocycles. The topological polar surface area (TPSA) is 93.2 Å². The van der Waals surface area contributed by atoms with Crippen LogP contribution in [0.4, 0.5) is 0 Å². The molecule has 0 N–H and O–H groups in total. The molecular formula is C18H26N2O6S. The molecule has 1 aromatic rings. The van der Waals surface area contributed by atoms with Gasteiger partial charge >= 0.3 is 0 Å². The van der Waals surface area contributed by atoms with Crippen LogP contribution in [0.3, 0.4) is 0 Å². The van der Waals surface area contributed by atoms with Crippen molar-refractivity contribution in [3.8, 4) is 11.5 Å². The summed E-state index contributed by atoms with van der Waals surface area (Å²) < 4.78 is 33.9. The summed E-state index contributed by atoms with van der Waals surface area (Å²) in [5.74, 6) is 0.914. The van der Waals surface area contributed by atoms with Crippen molar-refractivity contribution < 1.29 is 27.5 Å². The molecule has 1 aliphatic rings. The predicted molar refractivity (Wildman–Crippen MR) is 101 cm³/mol. The standard InChI is InChI=1S/C18H26N2O6S/c1-14(21)20(9-10-26-17-6-4-16(25-3)5-7-17)12-18(22)19(2)15-8-11-27(23,24)13-15/h4-7,15H,8-13H2,1-3H3. The molecule has 150 valence electrons. The van der Waals surface area contributed by atoms with E-state index in [1.165, 1.54) is 16.7 Å². The molecule has 1 heterocycles. The van der Waals surface area contributed by atoms with Crippen LogP contribution in [0.25, 0.3) is 0 Å². The van der Waals surface area contributed by atoms with Gasteiger partial charge in [0, 0.05) is 20.0 Å². The molecule has 1 fully saturated rings. The third-order valence-corrected chi connectivity index (χ3v) is 6.36. The molecule has 1 unspecified atom stereocenters. The highest BCUT2D eigenvalue weighted by atomic mass is 32.2. The number of hydrogen-bond acceptors (Lipinski definition) is 6. The molecule has 0 aliphatic carbocycles. The summed E-state index contributed by atoms with van der Waals surface area (Å²) >= 11 is 0. The summed E-state index contributed by atoms with van der Waals surface area (Å²) in [5, 5.41) is 0. The van der Waals surface area contributed by atoms with Crippen molar-refractivity contribution >= 4 is 21.7 Å². The number of ether oxygens (including phenoxy) is 2. The van der Waals surface area contributed by atoms with E-state index in [2.05, 4.69) is 0 Å². The van der Waals surface area contributed by atoms with Gasteiger partial charge in [-0.05, 0) is 30.7 Å². The van der Waals surface area contributed by atoms with Gasteiger partial charge in [-0.3, -0.25) is 9.59 Å². The van der Waals surface area contributed by atoms with E-state index in [-0.39, 0.29) is 49.1 Å². The first-order chi connectivity index (χ1) is 12.7. The lowest BCUT2D eigenvalue weighted by Gasteiger charge is -2.27. The molecule has 9 heteroatoms. The minimum Gasteiger partial charge on any atom is -0.497 e. The zero-order chi connectivity index (χ0) is 20.0. The fourth-order valence-corrected chi connectivity index (χ4v) is 4.63. The quantitative estimate of drug-likeness (QED) is 0.636. The number of nitrogens with zero attached hydrogens (tertiary/aromatic N) is 2. The van der Waals surface area contributed by atoms with Crippen molar-refractivity contribution in [2.45, 2.75) is 19.4 Å². The Bertz CT molecular complexity index is 763. The first-order valence-corrected chi connectivity index (χ1v) is 10.5. The number of carbonyl (C=O) groups is 2. The van der Waals surface area contributed by atoms with Gasteiger partial charge in [0.25, 0.3) is 0 Å². The Morgan fingerprint density at radius 3 is 2.33 bits per heavy atom. The smallest absolute Gasteiger partial charge is 0.242 e. The van der Waals surface area contributed by atoms with Gasteiger partial charge in [-0.25, -0.2) is 8.42 Å². The van der Waals surface area contributed by atoms with Crippen molar-refractivity contribution in [1.82, 2.24) is 9.80 Å². The van der Waals surface area contributed by atoms with Crippen LogP contribution >= 0.6 is 0 Å². The third kappa shape index (κ3) is 6.13. The Morgan fingerprint density at radius 1 is 1.19 bits per heavy atom. The summed E-state index contributed by atoms with van der Waals surface area (Å²) in [6.07, 6.45) is 0.436. The van der Waals surface area contributed by atoms with Gasteiger partial charge in [-0.1, -0.05) is 0 Å². The summed E-state index contributed by atoms with van der Waals surface area (Å²) in [4.78, 5) is 27.1. The van der Waals surface area contributed by atoms with Gasteiger partial charge in [0.1, 0.15) is 18.1 Å². The predicted octanol–water partition coefficient (Wildman–Crippen LogP) is 0.568. The molecule has 0 aromatic heterocycles. The molecule has 27 heavy (non-hydrogen) atoms. The summed E-state index contributed by atoms with van der Waals surface area (Å²) in [6, 6.07) is 6.73. The molecule has 2 amide bonds. The van der Waals surface area contributed by atoms with Crippen LogP contribution in [0.1, 0.15) is 13.3 Å². The average Bonchev–Trinajstić information content (AvgIpc) is 3.00. The Balaban J connectivity index is 1.85. The number of benzene rings is 1. The maximum atomic E-state index is 12.4. The van der Waals surface area contributed by atoms with Gasteiger partial charge in [-0.2, -0.15) is 0 Å².